The van der Waals surface area contributed by atoms with E-state index in [1.807, 2.05) is 0 Å². The fourth-order valence-electron chi connectivity index (χ4n) is 2.23. The third-order valence-corrected chi connectivity index (χ3v) is 3.35. The number of anilines is 1. The molecule has 5 heteroatoms. The van der Waals surface area contributed by atoms with Crippen LogP contribution in [-0.4, -0.2) is 37.4 Å². The summed E-state index contributed by atoms with van der Waals surface area (Å²) in [7, 11) is 0. The van der Waals surface area contributed by atoms with Gasteiger partial charge in [0.2, 0.25) is 0 Å². The topological polar surface area (TPSA) is 49.8 Å². The minimum atomic E-state index is -0.836. The van der Waals surface area contributed by atoms with Gasteiger partial charge in [-0.05, 0) is 24.1 Å². The Kier molecular flexibility index (Phi) is 4.37. The fourth-order valence-corrected chi connectivity index (χ4v) is 2.23. The number of nitrogens with zero attached hydrogens (tertiary/aromatic N) is 1. The molecule has 104 valence electrons. The second-order valence-electron chi connectivity index (χ2n) is 4.82. The van der Waals surface area contributed by atoms with Gasteiger partial charge in [-0.1, -0.05) is 13.0 Å². The van der Waals surface area contributed by atoms with Crippen LogP contribution in [0.25, 0.3) is 0 Å². The van der Waals surface area contributed by atoms with Crippen molar-refractivity contribution < 1.29 is 19.0 Å². The first-order chi connectivity index (χ1) is 9.08. The molecule has 1 aliphatic rings. The first-order valence-corrected chi connectivity index (χ1v) is 6.42. The van der Waals surface area contributed by atoms with Crippen LogP contribution in [0.1, 0.15) is 12.5 Å². The van der Waals surface area contributed by atoms with E-state index < -0.39 is 11.9 Å². The summed E-state index contributed by atoms with van der Waals surface area (Å²) < 4.78 is 18.7. The van der Waals surface area contributed by atoms with Gasteiger partial charge in [0.05, 0.1) is 19.1 Å². The van der Waals surface area contributed by atoms with Gasteiger partial charge in [-0.15, -0.1) is 0 Å². The largest absolute Gasteiger partial charge is 0.481 e. The summed E-state index contributed by atoms with van der Waals surface area (Å²) in [4.78, 5) is 13.0. The first-order valence-electron chi connectivity index (χ1n) is 6.42. The highest BCUT2D eigenvalue weighted by atomic mass is 19.1. The van der Waals surface area contributed by atoms with Crippen molar-refractivity contribution in [2.45, 2.75) is 13.3 Å². The van der Waals surface area contributed by atoms with E-state index in [0.29, 0.717) is 32.7 Å². The van der Waals surface area contributed by atoms with Gasteiger partial charge >= 0.3 is 5.97 Å². The van der Waals surface area contributed by atoms with E-state index in [2.05, 4.69) is 4.90 Å². The van der Waals surface area contributed by atoms with Crippen molar-refractivity contribution in [3.05, 3.63) is 29.6 Å². The van der Waals surface area contributed by atoms with Gasteiger partial charge in [-0.3, -0.25) is 4.79 Å². The minimum Gasteiger partial charge on any atom is -0.481 e. The van der Waals surface area contributed by atoms with E-state index in [0.717, 1.165) is 11.3 Å². The molecule has 0 radical (unpaired) electrons. The van der Waals surface area contributed by atoms with Crippen LogP contribution in [0.2, 0.25) is 0 Å². The monoisotopic (exact) mass is 267 g/mol. The number of rotatable bonds is 4. The Balaban J connectivity index is 2.24. The maximum atomic E-state index is 13.4. The molecule has 1 atom stereocenters. The number of carboxylic acids is 1. The van der Waals surface area contributed by atoms with Crippen molar-refractivity contribution in [2.75, 3.05) is 31.2 Å². The van der Waals surface area contributed by atoms with E-state index in [4.69, 9.17) is 9.84 Å². The number of hydrogen-bond acceptors (Lipinski definition) is 3. The van der Waals surface area contributed by atoms with E-state index in [1.54, 1.807) is 13.0 Å². The molecule has 2 rings (SSSR count). The predicted molar refractivity (Wildman–Crippen MR) is 69.9 cm³/mol. The zero-order chi connectivity index (χ0) is 13.8. The van der Waals surface area contributed by atoms with Gasteiger partial charge in [0.15, 0.2) is 0 Å². The summed E-state index contributed by atoms with van der Waals surface area (Å²) in [5.41, 5.74) is 1.66. The molecule has 4 nitrogen and oxygen atoms in total. The van der Waals surface area contributed by atoms with E-state index in [1.165, 1.54) is 12.1 Å². The fraction of sp³-hybridized carbons (Fsp3) is 0.500. The summed E-state index contributed by atoms with van der Waals surface area (Å²) in [5, 5.41) is 8.99. The normalized spacial score (nSPS) is 17.3. The standard InChI is InChI=1S/C14H18FNO3/c1-10(14(17)18)8-11-2-3-12(15)9-13(11)16-4-6-19-7-5-16/h2-3,9-10H,4-8H2,1H3,(H,17,18). The summed E-state index contributed by atoms with van der Waals surface area (Å²) in [6.45, 7) is 4.31. The molecule has 1 unspecified atom stereocenters. The summed E-state index contributed by atoms with van der Waals surface area (Å²) >= 11 is 0. The number of morpholine rings is 1. The Hall–Kier alpha value is -1.62. The minimum absolute atomic E-state index is 0.298. The lowest BCUT2D eigenvalue weighted by Gasteiger charge is -2.31. The Labute approximate surface area is 111 Å². The van der Waals surface area contributed by atoms with Crippen LogP contribution in [0.15, 0.2) is 18.2 Å². The number of hydrogen-bond donors (Lipinski definition) is 1. The van der Waals surface area contributed by atoms with E-state index >= 15 is 0 Å². The van der Waals surface area contributed by atoms with Crippen molar-refractivity contribution in [3.8, 4) is 0 Å². The highest BCUT2D eigenvalue weighted by molar-refractivity contribution is 5.70. The number of aliphatic carboxylic acids is 1. The second-order valence-corrected chi connectivity index (χ2v) is 4.82. The molecular formula is C14H18FNO3. The molecule has 1 saturated heterocycles. The molecule has 0 aromatic heterocycles. The maximum absolute atomic E-state index is 13.4. The van der Waals surface area contributed by atoms with Crippen LogP contribution < -0.4 is 4.90 Å². The molecule has 1 heterocycles. The molecule has 1 aromatic carbocycles. The third kappa shape index (κ3) is 3.44. The molecule has 1 fully saturated rings. The van der Waals surface area contributed by atoms with Crippen LogP contribution >= 0.6 is 0 Å². The Morgan fingerprint density at radius 1 is 1.47 bits per heavy atom. The summed E-state index contributed by atoms with van der Waals surface area (Å²) in [6, 6.07) is 4.54. The van der Waals surface area contributed by atoms with Crippen molar-refractivity contribution in [1.82, 2.24) is 0 Å². The molecule has 0 aliphatic carbocycles. The van der Waals surface area contributed by atoms with Crippen molar-refractivity contribution in [2.24, 2.45) is 5.92 Å². The average Bonchev–Trinajstić information content (AvgIpc) is 2.41. The van der Waals surface area contributed by atoms with Crippen LogP contribution in [0.5, 0.6) is 0 Å². The zero-order valence-electron chi connectivity index (χ0n) is 10.9. The van der Waals surface area contributed by atoms with Crippen molar-refractivity contribution >= 4 is 11.7 Å². The lowest BCUT2D eigenvalue weighted by molar-refractivity contribution is -0.141. The summed E-state index contributed by atoms with van der Waals surface area (Å²) in [5.74, 6) is -1.62. The molecule has 0 bridgehead atoms. The van der Waals surface area contributed by atoms with E-state index in [-0.39, 0.29) is 5.82 Å². The highest BCUT2D eigenvalue weighted by Crippen LogP contribution is 2.25. The summed E-state index contributed by atoms with van der Waals surface area (Å²) in [6.07, 6.45) is 0.405. The number of halogens is 1. The van der Waals surface area contributed by atoms with Crippen LogP contribution in [-0.2, 0) is 16.0 Å². The predicted octanol–water partition coefficient (Wildman–Crippen LogP) is 1.93. The van der Waals surface area contributed by atoms with Gasteiger partial charge in [0, 0.05) is 18.8 Å². The molecule has 1 aromatic rings. The number of carboxylic acid groups (broad SMARTS) is 1. The number of ether oxygens (including phenoxy) is 1. The van der Waals surface area contributed by atoms with Crippen LogP contribution in [0, 0.1) is 11.7 Å². The Bertz CT molecular complexity index is 458. The Morgan fingerprint density at radius 3 is 2.79 bits per heavy atom. The smallest absolute Gasteiger partial charge is 0.306 e. The van der Waals surface area contributed by atoms with Crippen LogP contribution in [0.4, 0.5) is 10.1 Å². The average molecular weight is 267 g/mol. The molecule has 0 amide bonds. The third-order valence-electron chi connectivity index (χ3n) is 3.35. The van der Waals surface area contributed by atoms with Gasteiger partial charge in [-0.25, -0.2) is 4.39 Å². The highest BCUT2D eigenvalue weighted by Gasteiger charge is 2.19. The lowest BCUT2D eigenvalue weighted by Crippen LogP contribution is -2.37. The zero-order valence-corrected chi connectivity index (χ0v) is 10.9. The molecule has 19 heavy (non-hydrogen) atoms. The maximum Gasteiger partial charge on any atom is 0.306 e. The first kappa shape index (κ1) is 13.8. The molecule has 1 aliphatic heterocycles. The number of carbonyl (C=O) groups is 1. The number of benzene rings is 1. The van der Waals surface area contributed by atoms with Crippen molar-refractivity contribution in [3.63, 3.8) is 0 Å². The van der Waals surface area contributed by atoms with E-state index in [9.17, 15) is 9.18 Å². The molecule has 1 N–H and O–H groups in total. The van der Waals surface area contributed by atoms with Gasteiger partial charge in [-0.2, -0.15) is 0 Å². The van der Waals surface area contributed by atoms with Crippen LogP contribution in [0.3, 0.4) is 0 Å². The quantitative estimate of drug-likeness (QED) is 0.905. The van der Waals surface area contributed by atoms with Gasteiger partial charge in [0.25, 0.3) is 0 Å². The molecular weight excluding hydrogens is 249 g/mol. The lowest BCUT2D eigenvalue weighted by atomic mass is 9.99. The van der Waals surface area contributed by atoms with Gasteiger partial charge < -0.3 is 14.7 Å². The Morgan fingerprint density at radius 2 is 2.16 bits per heavy atom. The molecule has 0 saturated carbocycles. The second kappa shape index (κ2) is 6.02. The SMILES string of the molecule is CC(Cc1ccc(F)cc1N1CCOCC1)C(=O)O. The van der Waals surface area contributed by atoms with Gasteiger partial charge in [0.1, 0.15) is 5.82 Å². The molecule has 0 spiro atoms. The van der Waals surface area contributed by atoms with Crippen molar-refractivity contribution in [1.29, 1.82) is 0 Å².